The van der Waals surface area contributed by atoms with E-state index in [0.717, 1.165) is 43.4 Å². The molecule has 22 heavy (non-hydrogen) atoms. The number of fused-ring (bicyclic) bond motifs is 1. The van der Waals surface area contributed by atoms with Crippen molar-refractivity contribution in [2.75, 3.05) is 33.0 Å². The van der Waals surface area contributed by atoms with Gasteiger partial charge in [0.05, 0.1) is 11.0 Å². The number of aromatic nitrogens is 1. The summed E-state index contributed by atoms with van der Waals surface area (Å²) in [6.45, 7) is 3.01. The average Bonchev–Trinajstić information content (AvgIpc) is 3.10. The van der Waals surface area contributed by atoms with E-state index in [1.165, 1.54) is 11.8 Å². The van der Waals surface area contributed by atoms with Crippen molar-refractivity contribution in [3.05, 3.63) is 30.0 Å². The molecule has 1 fully saturated rings. The SMILES string of the molecule is CO[C@@H]1CCN(CCc2c[nH]c3ccc(S(C)(=O)=O)cc23)C1. The first-order valence-electron chi connectivity index (χ1n) is 7.52. The van der Waals surface area contributed by atoms with Crippen LogP contribution in [0.15, 0.2) is 29.3 Å². The van der Waals surface area contributed by atoms with Gasteiger partial charge in [0.25, 0.3) is 0 Å². The Kier molecular flexibility index (Phi) is 4.25. The van der Waals surface area contributed by atoms with E-state index in [-0.39, 0.29) is 0 Å². The highest BCUT2D eigenvalue weighted by Gasteiger charge is 2.21. The molecule has 1 aliphatic heterocycles. The van der Waals surface area contributed by atoms with E-state index in [0.29, 0.717) is 11.0 Å². The van der Waals surface area contributed by atoms with Crippen LogP contribution >= 0.6 is 0 Å². The minimum absolute atomic E-state index is 0.347. The molecule has 2 aromatic rings. The molecule has 1 N–H and O–H groups in total. The summed E-state index contributed by atoms with van der Waals surface area (Å²) in [6, 6.07) is 5.27. The molecule has 0 saturated carbocycles. The lowest BCUT2D eigenvalue weighted by atomic mass is 10.1. The summed E-state index contributed by atoms with van der Waals surface area (Å²) in [5.74, 6) is 0. The second-order valence-corrected chi connectivity index (χ2v) is 8.01. The lowest BCUT2D eigenvalue weighted by molar-refractivity contribution is 0.108. The number of ether oxygens (including phenoxy) is 1. The molecule has 0 amide bonds. The number of hydrogen-bond acceptors (Lipinski definition) is 4. The van der Waals surface area contributed by atoms with Crippen LogP contribution in [0.25, 0.3) is 10.9 Å². The fraction of sp³-hybridized carbons (Fsp3) is 0.500. The lowest BCUT2D eigenvalue weighted by Gasteiger charge is -2.15. The number of likely N-dealkylation sites (tertiary alicyclic amines) is 1. The van der Waals surface area contributed by atoms with Gasteiger partial charge >= 0.3 is 0 Å². The zero-order valence-electron chi connectivity index (χ0n) is 13.0. The topological polar surface area (TPSA) is 62.4 Å². The number of rotatable bonds is 5. The van der Waals surface area contributed by atoms with Gasteiger partial charge in [0.15, 0.2) is 9.84 Å². The summed E-state index contributed by atoms with van der Waals surface area (Å²) in [4.78, 5) is 6.00. The van der Waals surface area contributed by atoms with Gasteiger partial charge in [-0.3, -0.25) is 0 Å². The van der Waals surface area contributed by atoms with Crippen molar-refractivity contribution >= 4 is 20.7 Å². The van der Waals surface area contributed by atoms with Gasteiger partial charge in [-0.1, -0.05) is 0 Å². The van der Waals surface area contributed by atoms with E-state index >= 15 is 0 Å². The second-order valence-electron chi connectivity index (χ2n) is 5.99. The summed E-state index contributed by atoms with van der Waals surface area (Å²) < 4.78 is 28.8. The predicted molar refractivity (Wildman–Crippen MR) is 87.0 cm³/mol. The quantitative estimate of drug-likeness (QED) is 0.912. The van der Waals surface area contributed by atoms with Crippen LogP contribution in [0.5, 0.6) is 0 Å². The predicted octanol–water partition coefficient (Wildman–Crippen LogP) is 1.83. The highest BCUT2D eigenvalue weighted by atomic mass is 32.2. The largest absolute Gasteiger partial charge is 0.380 e. The van der Waals surface area contributed by atoms with Gasteiger partial charge in [0.2, 0.25) is 0 Å². The summed E-state index contributed by atoms with van der Waals surface area (Å²) in [5.41, 5.74) is 2.15. The fourth-order valence-corrected chi connectivity index (χ4v) is 3.71. The van der Waals surface area contributed by atoms with Gasteiger partial charge in [0.1, 0.15) is 0 Å². The highest BCUT2D eigenvalue weighted by molar-refractivity contribution is 7.90. The molecule has 1 saturated heterocycles. The normalized spacial score (nSPS) is 20.0. The second kappa shape index (κ2) is 6.02. The van der Waals surface area contributed by atoms with E-state index in [4.69, 9.17) is 4.74 Å². The van der Waals surface area contributed by atoms with Gasteiger partial charge in [-0.2, -0.15) is 0 Å². The average molecular weight is 322 g/mol. The monoisotopic (exact) mass is 322 g/mol. The van der Waals surface area contributed by atoms with Crippen molar-refractivity contribution in [3.63, 3.8) is 0 Å². The Morgan fingerprint density at radius 3 is 2.91 bits per heavy atom. The van der Waals surface area contributed by atoms with Crippen molar-refractivity contribution < 1.29 is 13.2 Å². The summed E-state index contributed by atoms with van der Waals surface area (Å²) in [7, 11) is -1.41. The Morgan fingerprint density at radius 1 is 1.41 bits per heavy atom. The van der Waals surface area contributed by atoms with E-state index < -0.39 is 9.84 Å². The van der Waals surface area contributed by atoms with E-state index in [1.807, 2.05) is 12.3 Å². The number of H-pyrrole nitrogens is 1. The molecule has 1 atom stereocenters. The number of hydrogen-bond donors (Lipinski definition) is 1. The first kappa shape index (κ1) is 15.5. The molecular weight excluding hydrogens is 300 g/mol. The van der Waals surface area contributed by atoms with Crippen molar-refractivity contribution in [3.8, 4) is 0 Å². The van der Waals surface area contributed by atoms with Gasteiger partial charge in [-0.05, 0) is 36.6 Å². The molecule has 0 bridgehead atoms. The molecule has 6 heteroatoms. The minimum atomic E-state index is -3.17. The van der Waals surface area contributed by atoms with Gasteiger partial charge in [0, 0.05) is 50.1 Å². The third-order valence-corrected chi connectivity index (χ3v) is 5.54. The number of benzene rings is 1. The van der Waals surface area contributed by atoms with E-state index in [2.05, 4.69) is 9.88 Å². The summed E-state index contributed by atoms with van der Waals surface area (Å²) in [5, 5.41) is 1.01. The fourth-order valence-electron chi connectivity index (χ4n) is 3.07. The van der Waals surface area contributed by atoms with Crippen LogP contribution in [0.3, 0.4) is 0 Å². The lowest BCUT2D eigenvalue weighted by Crippen LogP contribution is -2.25. The maximum atomic E-state index is 11.7. The number of nitrogens with zero attached hydrogens (tertiary/aromatic N) is 1. The van der Waals surface area contributed by atoms with Crippen LogP contribution in [-0.2, 0) is 21.0 Å². The Bertz CT molecular complexity index is 767. The van der Waals surface area contributed by atoms with Crippen LogP contribution in [-0.4, -0.2) is 57.4 Å². The zero-order valence-corrected chi connectivity index (χ0v) is 13.8. The molecule has 120 valence electrons. The first-order chi connectivity index (χ1) is 10.5. The van der Waals surface area contributed by atoms with Crippen molar-refractivity contribution in [2.45, 2.75) is 23.8 Å². The highest BCUT2D eigenvalue weighted by Crippen LogP contribution is 2.23. The van der Waals surface area contributed by atoms with Crippen LogP contribution in [0.1, 0.15) is 12.0 Å². The number of nitrogens with one attached hydrogen (secondary N) is 1. The van der Waals surface area contributed by atoms with Crippen LogP contribution in [0, 0.1) is 0 Å². The van der Waals surface area contributed by atoms with Crippen molar-refractivity contribution in [1.82, 2.24) is 9.88 Å². The molecule has 2 heterocycles. The molecule has 5 nitrogen and oxygen atoms in total. The van der Waals surface area contributed by atoms with Crippen molar-refractivity contribution in [2.24, 2.45) is 0 Å². The molecule has 0 radical (unpaired) electrons. The molecule has 1 aromatic carbocycles. The van der Waals surface area contributed by atoms with Gasteiger partial charge in [-0.25, -0.2) is 8.42 Å². The van der Waals surface area contributed by atoms with Gasteiger partial charge < -0.3 is 14.6 Å². The Balaban J connectivity index is 1.76. The molecule has 0 unspecified atom stereocenters. The van der Waals surface area contributed by atoms with Crippen LogP contribution in [0.2, 0.25) is 0 Å². The van der Waals surface area contributed by atoms with Crippen molar-refractivity contribution in [1.29, 1.82) is 0 Å². The van der Waals surface area contributed by atoms with Gasteiger partial charge in [-0.15, -0.1) is 0 Å². The smallest absolute Gasteiger partial charge is 0.175 e. The molecule has 3 rings (SSSR count). The number of sulfone groups is 1. The minimum Gasteiger partial charge on any atom is -0.380 e. The molecule has 0 aliphatic carbocycles. The maximum absolute atomic E-state index is 11.7. The zero-order chi connectivity index (χ0) is 15.7. The third kappa shape index (κ3) is 3.19. The Hall–Kier alpha value is -1.37. The molecule has 0 spiro atoms. The molecular formula is C16H22N2O3S. The number of aromatic amines is 1. The Morgan fingerprint density at radius 2 is 2.23 bits per heavy atom. The number of methoxy groups -OCH3 is 1. The van der Waals surface area contributed by atoms with E-state index in [9.17, 15) is 8.42 Å². The van der Waals surface area contributed by atoms with Crippen LogP contribution in [0.4, 0.5) is 0 Å². The summed E-state index contributed by atoms with van der Waals surface area (Å²) >= 11 is 0. The third-order valence-electron chi connectivity index (χ3n) is 4.43. The summed E-state index contributed by atoms with van der Waals surface area (Å²) in [6.07, 6.45) is 5.57. The Labute approximate surface area is 131 Å². The first-order valence-corrected chi connectivity index (χ1v) is 9.42. The molecule has 1 aromatic heterocycles. The van der Waals surface area contributed by atoms with E-state index in [1.54, 1.807) is 19.2 Å². The van der Waals surface area contributed by atoms with Crippen LogP contribution < -0.4 is 0 Å². The molecule has 1 aliphatic rings. The maximum Gasteiger partial charge on any atom is 0.175 e. The standard InChI is InChI=1S/C16H22N2O3S/c1-21-13-6-8-18(11-13)7-5-12-10-17-16-4-3-14(9-15(12)16)22(2,19)20/h3-4,9-10,13,17H,5-8,11H2,1-2H3/t13-/m1/s1.